The van der Waals surface area contributed by atoms with Crippen molar-refractivity contribution < 1.29 is 23.5 Å². The zero-order valence-corrected chi connectivity index (χ0v) is 15.1. The van der Waals surface area contributed by atoms with Crippen LogP contribution in [-0.2, 0) is 31.6 Å². The van der Waals surface area contributed by atoms with Gasteiger partial charge in [0.15, 0.2) is 6.10 Å². The zero-order valence-electron chi connectivity index (χ0n) is 14.2. The van der Waals surface area contributed by atoms with Gasteiger partial charge in [-0.1, -0.05) is 60.7 Å². The summed E-state index contributed by atoms with van der Waals surface area (Å²) in [4.78, 5) is 21.8. The van der Waals surface area contributed by atoms with Crippen molar-refractivity contribution in [3.05, 3.63) is 71.8 Å². The third-order valence-electron chi connectivity index (χ3n) is 3.63. The Bertz CT molecular complexity index is 702. The normalized spacial score (nSPS) is 14.5. The summed E-state index contributed by atoms with van der Waals surface area (Å²) in [7, 11) is -3.84. The first-order valence-corrected chi connectivity index (χ1v) is 9.97. The van der Waals surface area contributed by atoms with Gasteiger partial charge in [-0.25, -0.2) is 4.79 Å². The second-order valence-electron chi connectivity index (χ2n) is 5.79. The minimum absolute atomic E-state index is 0.00179. The molecule has 0 heterocycles. The van der Waals surface area contributed by atoms with Crippen LogP contribution < -0.4 is 0 Å². The largest absolute Gasteiger partial charge is 0.459 e. The molecule has 0 saturated heterocycles. The van der Waals surface area contributed by atoms with Crippen LogP contribution in [0.4, 0.5) is 0 Å². The molecule has 0 aromatic heterocycles. The number of ether oxygens (including phenoxy) is 1. The summed E-state index contributed by atoms with van der Waals surface area (Å²) >= 11 is 0. The van der Waals surface area contributed by atoms with Crippen molar-refractivity contribution in [3.63, 3.8) is 0 Å². The second-order valence-corrected chi connectivity index (χ2v) is 7.72. The standard InChI is InChI=1S/C19H23O5P/c1-16(19(20)23-15-18-11-6-3-7-12-18)24-25(21,22)14-8-13-17-9-4-2-5-10-17/h2-7,9-12,16H,8,13-15H2,1H3,(H,21,22)/t16-/m1/s1. The lowest BCUT2D eigenvalue weighted by atomic mass is 10.1. The van der Waals surface area contributed by atoms with Gasteiger partial charge >= 0.3 is 13.6 Å². The fourth-order valence-corrected chi connectivity index (χ4v) is 3.56. The molecule has 2 rings (SSSR count). The Balaban J connectivity index is 1.74. The smallest absolute Gasteiger partial charge is 0.335 e. The lowest BCUT2D eigenvalue weighted by Crippen LogP contribution is -2.22. The van der Waals surface area contributed by atoms with Crippen LogP contribution in [0.5, 0.6) is 0 Å². The van der Waals surface area contributed by atoms with E-state index >= 15 is 0 Å². The fraction of sp³-hybridized carbons (Fsp3) is 0.316. The Labute approximate surface area is 148 Å². The van der Waals surface area contributed by atoms with E-state index < -0.39 is 19.7 Å². The third-order valence-corrected chi connectivity index (χ3v) is 5.15. The first kappa shape index (κ1) is 19.4. The molecule has 5 nitrogen and oxygen atoms in total. The third kappa shape index (κ3) is 7.22. The van der Waals surface area contributed by atoms with Crippen molar-refractivity contribution in [2.45, 2.75) is 32.5 Å². The summed E-state index contributed by atoms with van der Waals surface area (Å²) in [5, 5.41) is 0. The maximum Gasteiger partial charge on any atom is 0.335 e. The molecule has 1 N–H and O–H groups in total. The highest BCUT2D eigenvalue weighted by Gasteiger charge is 2.27. The number of hydrogen-bond acceptors (Lipinski definition) is 4. The van der Waals surface area contributed by atoms with Gasteiger partial charge in [-0.05, 0) is 30.9 Å². The molecular formula is C19H23O5P. The Hall–Kier alpha value is -1.94. The number of esters is 1. The van der Waals surface area contributed by atoms with E-state index in [-0.39, 0.29) is 12.8 Å². The van der Waals surface area contributed by atoms with Crippen LogP contribution in [0.2, 0.25) is 0 Å². The lowest BCUT2D eigenvalue weighted by molar-refractivity contribution is -0.152. The maximum atomic E-state index is 12.1. The summed E-state index contributed by atoms with van der Waals surface area (Å²) in [5.41, 5.74) is 1.94. The molecule has 0 radical (unpaired) electrons. The van der Waals surface area contributed by atoms with Crippen molar-refractivity contribution >= 4 is 13.6 Å². The van der Waals surface area contributed by atoms with Crippen LogP contribution in [0.15, 0.2) is 60.7 Å². The van der Waals surface area contributed by atoms with Gasteiger partial charge in [0.1, 0.15) is 6.61 Å². The quantitative estimate of drug-likeness (QED) is 0.540. The van der Waals surface area contributed by atoms with Crippen molar-refractivity contribution in [2.75, 3.05) is 6.16 Å². The summed E-state index contributed by atoms with van der Waals surface area (Å²) in [6, 6.07) is 18.9. The first-order chi connectivity index (χ1) is 12.0. The van der Waals surface area contributed by atoms with Crippen molar-refractivity contribution in [3.8, 4) is 0 Å². The highest BCUT2D eigenvalue weighted by molar-refractivity contribution is 7.52. The van der Waals surface area contributed by atoms with E-state index in [9.17, 15) is 14.3 Å². The van der Waals surface area contributed by atoms with Gasteiger partial charge in [0.2, 0.25) is 0 Å². The van der Waals surface area contributed by atoms with Crippen LogP contribution in [0.25, 0.3) is 0 Å². The predicted molar refractivity (Wildman–Crippen MR) is 96.2 cm³/mol. The molecule has 0 saturated carbocycles. The van der Waals surface area contributed by atoms with Crippen LogP contribution in [0, 0.1) is 0 Å². The summed E-state index contributed by atoms with van der Waals surface area (Å²) in [5.74, 6) is -0.652. The highest BCUT2D eigenvalue weighted by atomic mass is 31.2. The van der Waals surface area contributed by atoms with E-state index in [4.69, 9.17) is 9.26 Å². The average molecular weight is 362 g/mol. The summed E-state index contributed by atoms with van der Waals surface area (Å²) < 4.78 is 22.3. The number of carbonyl (C=O) groups excluding carboxylic acids is 1. The molecule has 0 bridgehead atoms. The Kier molecular flexibility index (Phi) is 7.38. The molecule has 134 valence electrons. The van der Waals surface area contributed by atoms with Gasteiger partial charge in [0.05, 0.1) is 6.16 Å². The van der Waals surface area contributed by atoms with Crippen LogP contribution >= 0.6 is 7.60 Å². The Morgan fingerprint density at radius 1 is 1.04 bits per heavy atom. The fourth-order valence-electron chi connectivity index (χ4n) is 2.32. The molecule has 25 heavy (non-hydrogen) atoms. The van der Waals surface area contributed by atoms with E-state index in [1.165, 1.54) is 6.92 Å². The van der Waals surface area contributed by atoms with E-state index in [0.29, 0.717) is 12.8 Å². The average Bonchev–Trinajstić information content (AvgIpc) is 2.61. The van der Waals surface area contributed by atoms with Gasteiger partial charge in [0, 0.05) is 0 Å². The molecule has 0 spiro atoms. The molecule has 0 aliphatic rings. The molecule has 6 heteroatoms. The molecule has 2 aromatic carbocycles. The lowest BCUT2D eigenvalue weighted by Gasteiger charge is -2.17. The van der Waals surface area contributed by atoms with Crippen molar-refractivity contribution in [1.82, 2.24) is 0 Å². The number of benzene rings is 2. The maximum absolute atomic E-state index is 12.1. The number of carbonyl (C=O) groups is 1. The van der Waals surface area contributed by atoms with Crippen LogP contribution in [0.3, 0.4) is 0 Å². The van der Waals surface area contributed by atoms with E-state index in [1.54, 1.807) is 0 Å². The van der Waals surface area contributed by atoms with E-state index in [2.05, 4.69) is 0 Å². The van der Waals surface area contributed by atoms with Gasteiger partial charge in [0.25, 0.3) is 0 Å². The molecular weight excluding hydrogens is 339 g/mol. The van der Waals surface area contributed by atoms with Gasteiger partial charge in [-0.2, -0.15) is 0 Å². The Morgan fingerprint density at radius 2 is 1.60 bits per heavy atom. The minimum Gasteiger partial charge on any atom is -0.459 e. The minimum atomic E-state index is -3.84. The van der Waals surface area contributed by atoms with Gasteiger partial charge in [-0.15, -0.1) is 0 Å². The molecule has 0 amide bonds. The topological polar surface area (TPSA) is 72.8 Å². The summed E-state index contributed by atoms with van der Waals surface area (Å²) in [6.45, 7) is 1.53. The van der Waals surface area contributed by atoms with Gasteiger partial charge in [-0.3, -0.25) is 9.09 Å². The SMILES string of the molecule is C[C@@H](OP(=O)(O)CCCc1ccccc1)C(=O)OCc1ccccc1. The Morgan fingerprint density at radius 3 is 2.20 bits per heavy atom. The summed E-state index contributed by atoms with van der Waals surface area (Å²) in [6.07, 6.45) is 0.0971. The van der Waals surface area contributed by atoms with Gasteiger partial charge < -0.3 is 9.63 Å². The number of aryl methyl sites for hydroxylation is 1. The predicted octanol–water partition coefficient (Wildman–Crippen LogP) is 3.95. The van der Waals surface area contributed by atoms with Crippen molar-refractivity contribution in [1.29, 1.82) is 0 Å². The monoisotopic (exact) mass is 362 g/mol. The molecule has 0 aliphatic heterocycles. The number of hydrogen-bond donors (Lipinski definition) is 1. The zero-order chi connectivity index (χ0) is 18.1. The van der Waals surface area contributed by atoms with Crippen LogP contribution in [0.1, 0.15) is 24.5 Å². The molecule has 1 unspecified atom stereocenters. The molecule has 0 fully saturated rings. The molecule has 2 atom stereocenters. The molecule has 0 aliphatic carbocycles. The van der Waals surface area contributed by atoms with E-state index in [0.717, 1.165) is 11.1 Å². The van der Waals surface area contributed by atoms with Crippen molar-refractivity contribution in [2.24, 2.45) is 0 Å². The molecule has 2 aromatic rings. The number of rotatable bonds is 9. The first-order valence-electron chi connectivity index (χ1n) is 8.21. The van der Waals surface area contributed by atoms with Crippen LogP contribution in [-0.4, -0.2) is 23.1 Å². The van der Waals surface area contributed by atoms with E-state index in [1.807, 2.05) is 60.7 Å². The highest BCUT2D eigenvalue weighted by Crippen LogP contribution is 2.44. The second kappa shape index (κ2) is 9.52.